The van der Waals surface area contributed by atoms with E-state index in [4.69, 9.17) is 20.8 Å². The van der Waals surface area contributed by atoms with Crippen LogP contribution in [0, 0.1) is 6.92 Å². The number of Topliss-reactive ketones (excluding diaryl/α,β-unsaturated/α-hetero) is 1. The number of ether oxygens (including phenoxy) is 1. The number of methoxy groups -OCH3 is 1. The molecule has 3 aromatic rings. The third-order valence-corrected chi connectivity index (χ3v) is 5.31. The van der Waals surface area contributed by atoms with Gasteiger partial charge in [-0.3, -0.25) is 14.5 Å². The summed E-state index contributed by atoms with van der Waals surface area (Å²) in [5.74, 6) is -1.19. The van der Waals surface area contributed by atoms with Gasteiger partial charge in [0.2, 0.25) is 0 Å². The Balaban J connectivity index is 1.91. The van der Waals surface area contributed by atoms with Crippen molar-refractivity contribution >= 4 is 34.7 Å². The van der Waals surface area contributed by atoms with Crippen LogP contribution in [0.15, 0.2) is 70.9 Å². The number of aliphatic hydroxyl groups is 1. The highest BCUT2D eigenvalue weighted by molar-refractivity contribution is 6.51. The van der Waals surface area contributed by atoms with Crippen molar-refractivity contribution in [1.29, 1.82) is 0 Å². The van der Waals surface area contributed by atoms with Crippen molar-refractivity contribution in [3.05, 3.63) is 88.3 Å². The summed E-state index contributed by atoms with van der Waals surface area (Å²) in [7, 11) is 1.45. The van der Waals surface area contributed by atoms with Gasteiger partial charge in [0, 0.05) is 11.3 Å². The molecule has 7 heteroatoms. The fourth-order valence-corrected chi connectivity index (χ4v) is 3.68. The zero-order valence-electron chi connectivity index (χ0n) is 16.3. The highest BCUT2D eigenvalue weighted by Crippen LogP contribution is 2.42. The van der Waals surface area contributed by atoms with E-state index < -0.39 is 17.7 Å². The summed E-state index contributed by atoms with van der Waals surface area (Å²) in [6, 6.07) is 14.2. The number of aryl methyl sites for hydroxylation is 1. The van der Waals surface area contributed by atoms with E-state index in [0.717, 1.165) is 5.56 Å². The largest absolute Gasteiger partial charge is 0.507 e. The van der Waals surface area contributed by atoms with Gasteiger partial charge in [-0.15, -0.1) is 0 Å². The summed E-state index contributed by atoms with van der Waals surface area (Å²) in [6.45, 7) is 1.93. The fraction of sp³-hybridized carbons (Fsp3) is 0.130. The van der Waals surface area contributed by atoms with Crippen molar-refractivity contribution in [2.45, 2.75) is 13.0 Å². The van der Waals surface area contributed by atoms with Crippen LogP contribution in [0.1, 0.15) is 22.9 Å². The number of rotatable bonds is 4. The molecular weight excluding hydrogens is 406 g/mol. The Morgan fingerprint density at radius 2 is 1.87 bits per heavy atom. The van der Waals surface area contributed by atoms with E-state index in [1.165, 1.54) is 24.3 Å². The van der Waals surface area contributed by atoms with Crippen LogP contribution in [-0.4, -0.2) is 23.9 Å². The molecule has 1 aliphatic heterocycles. The molecule has 4 rings (SSSR count). The zero-order chi connectivity index (χ0) is 21.4. The van der Waals surface area contributed by atoms with Gasteiger partial charge in [-0.2, -0.15) is 0 Å². The van der Waals surface area contributed by atoms with Gasteiger partial charge in [0.1, 0.15) is 23.3 Å². The summed E-state index contributed by atoms with van der Waals surface area (Å²) in [6.07, 6.45) is 1.45. The number of ketones is 1. The van der Waals surface area contributed by atoms with Crippen LogP contribution in [0.2, 0.25) is 5.02 Å². The Morgan fingerprint density at radius 1 is 1.13 bits per heavy atom. The Bertz CT molecular complexity index is 1150. The van der Waals surface area contributed by atoms with Gasteiger partial charge < -0.3 is 14.3 Å². The predicted molar refractivity (Wildman–Crippen MR) is 113 cm³/mol. The van der Waals surface area contributed by atoms with Crippen LogP contribution >= 0.6 is 11.6 Å². The number of anilines is 1. The molecule has 0 saturated carbocycles. The summed E-state index contributed by atoms with van der Waals surface area (Å²) in [4.78, 5) is 27.3. The highest BCUT2D eigenvalue weighted by Gasteiger charge is 2.48. The zero-order valence-corrected chi connectivity index (χ0v) is 17.0. The summed E-state index contributed by atoms with van der Waals surface area (Å²) in [5, 5.41) is 11.4. The molecule has 0 bridgehead atoms. The molecule has 1 atom stereocenters. The first-order valence-corrected chi connectivity index (χ1v) is 9.55. The third-order valence-electron chi connectivity index (χ3n) is 4.99. The van der Waals surface area contributed by atoms with E-state index >= 15 is 0 Å². The molecule has 1 aliphatic rings. The Hall–Kier alpha value is -3.51. The predicted octanol–water partition coefficient (Wildman–Crippen LogP) is 4.88. The van der Waals surface area contributed by atoms with Crippen molar-refractivity contribution in [2.75, 3.05) is 12.0 Å². The van der Waals surface area contributed by atoms with E-state index in [1.807, 2.05) is 19.1 Å². The molecule has 1 saturated heterocycles. The number of benzene rings is 2. The second-order valence-corrected chi connectivity index (χ2v) is 7.28. The molecular formula is C23H18ClNO5. The van der Waals surface area contributed by atoms with Gasteiger partial charge >= 0.3 is 0 Å². The number of amides is 1. The SMILES string of the molecule is COc1cc(/C(O)=C2/C(=O)C(=O)N(c3ccc(C)cc3)C2c2ccco2)ccc1Cl. The first-order chi connectivity index (χ1) is 14.4. The van der Waals surface area contributed by atoms with Crippen molar-refractivity contribution in [3.8, 4) is 5.75 Å². The van der Waals surface area contributed by atoms with Crippen molar-refractivity contribution in [1.82, 2.24) is 0 Å². The lowest BCUT2D eigenvalue weighted by Crippen LogP contribution is -2.29. The molecule has 2 heterocycles. The molecule has 1 fully saturated rings. The fourth-order valence-electron chi connectivity index (χ4n) is 3.48. The van der Waals surface area contributed by atoms with Crippen LogP contribution in [0.4, 0.5) is 5.69 Å². The van der Waals surface area contributed by atoms with Gasteiger partial charge in [-0.05, 0) is 49.4 Å². The van der Waals surface area contributed by atoms with Gasteiger partial charge in [0.15, 0.2) is 0 Å². The number of aliphatic hydroxyl groups excluding tert-OH is 1. The summed E-state index contributed by atoms with van der Waals surface area (Å²) >= 11 is 6.07. The molecule has 2 aromatic carbocycles. The highest BCUT2D eigenvalue weighted by atomic mass is 35.5. The minimum Gasteiger partial charge on any atom is -0.507 e. The Labute approximate surface area is 177 Å². The van der Waals surface area contributed by atoms with Crippen molar-refractivity contribution < 1.29 is 23.8 Å². The quantitative estimate of drug-likeness (QED) is 0.367. The molecule has 30 heavy (non-hydrogen) atoms. The van der Waals surface area contributed by atoms with E-state index in [9.17, 15) is 14.7 Å². The minimum atomic E-state index is -0.913. The Kier molecular flexibility index (Phi) is 5.10. The number of halogens is 1. The standard InChI is InChI=1S/C23H18ClNO5/c1-13-5-8-15(9-6-13)25-20(17-4-3-11-30-17)19(22(27)23(25)28)21(26)14-7-10-16(24)18(12-14)29-2/h3-12,20,26H,1-2H3/b21-19-. The molecule has 1 aromatic heterocycles. The van der Waals surface area contributed by atoms with Crippen LogP contribution in [0.25, 0.3) is 5.76 Å². The van der Waals surface area contributed by atoms with E-state index in [1.54, 1.807) is 36.4 Å². The maximum absolute atomic E-state index is 13.0. The molecule has 1 amide bonds. The van der Waals surface area contributed by atoms with Crippen LogP contribution in [0.3, 0.4) is 0 Å². The maximum Gasteiger partial charge on any atom is 0.300 e. The van der Waals surface area contributed by atoms with Crippen LogP contribution < -0.4 is 9.64 Å². The smallest absolute Gasteiger partial charge is 0.300 e. The number of nitrogens with zero attached hydrogens (tertiary/aromatic N) is 1. The second-order valence-electron chi connectivity index (χ2n) is 6.87. The number of hydrogen-bond donors (Lipinski definition) is 1. The average Bonchev–Trinajstić information content (AvgIpc) is 3.36. The summed E-state index contributed by atoms with van der Waals surface area (Å²) in [5.41, 5.74) is 1.77. The molecule has 1 unspecified atom stereocenters. The second kappa shape index (κ2) is 7.72. The molecule has 0 radical (unpaired) electrons. The topological polar surface area (TPSA) is 80.0 Å². The van der Waals surface area contributed by atoms with Gasteiger partial charge in [0.25, 0.3) is 11.7 Å². The molecule has 0 spiro atoms. The lowest BCUT2D eigenvalue weighted by atomic mass is 9.99. The lowest BCUT2D eigenvalue weighted by molar-refractivity contribution is -0.132. The van der Waals surface area contributed by atoms with Gasteiger partial charge in [0.05, 0.1) is 24.0 Å². The third kappa shape index (κ3) is 3.25. The maximum atomic E-state index is 13.0. The molecule has 6 nitrogen and oxygen atoms in total. The monoisotopic (exact) mass is 423 g/mol. The number of carbonyl (C=O) groups excluding carboxylic acids is 2. The van der Waals surface area contributed by atoms with E-state index in [-0.39, 0.29) is 11.3 Å². The number of hydrogen-bond acceptors (Lipinski definition) is 5. The summed E-state index contributed by atoms with van der Waals surface area (Å²) < 4.78 is 10.7. The first kappa shape index (κ1) is 19.8. The van der Waals surface area contributed by atoms with Crippen LogP contribution in [0.5, 0.6) is 5.75 Å². The average molecular weight is 424 g/mol. The van der Waals surface area contributed by atoms with E-state index in [2.05, 4.69) is 0 Å². The van der Waals surface area contributed by atoms with E-state index in [0.29, 0.717) is 27.8 Å². The normalized spacial score (nSPS) is 18.1. The van der Waals surface area contributed by atoms with Gasteiger partial charge in [-0.25, -0.2) is 0 Å². The first-order valence-electron chi connectivity index (χ1n) is 9.17. The van der Waals surface area contributed by atoms with Crippen molar-refractivity contribution in [2.24, 2.45) is 0 Å². The Morgan fingerprint density at radius 3 is 2.50 bits per heavy atom. The molecule has 1 N–H and O–H groups in total. The lowest BCUT2D eigenvalue weighted by Gasteiger charge is -2.23. The minimum absolute atomic E-state index is 0.0695. The number of furan rings is 1. The van der Waals surface area contributed by atoms with Crippen LogP contribution in [-0.2, 0) is 9.59 Å². The molecule has 152 valence electrons. The van der Waals surface area contributed by atoms with Gasteiger partial charge in [-0.1, -0.05) is 29.3 Å². The number of carbonyl (C=O) groups is 2. The molecule has 0 aliphatic carbocycles. The van der Waals surface area contributed by atoms with Crippen molar-refractivity contribution in [3.63, 3.8) is 0 Å².